The average molecular weight is 381 g/mol. The molecule has 0 aromatic carbocycles. The van der Waals surface area contributed by atoms with Crippen LogP contribution in [0.2, 0.25) is 0 Å². The molecule has 1 heterocycles. The average Bonchev–Trinajstić information content (AvgIpc) is 2.51. The Bertz CT molecular complexity index is 438. The summed E-state index contributed by atoms with van der Waals surface area (Å²) in [5, 5.41) is 9.98. The normalized spacial score (nSPS) is 20.8. The van der Waals surface area contributed by atoms with Crippen LogP contribution in [-0.2, 0) is 23.5 Å². The van der Waals surface area contributed by atoms with Crippen molar-refractivity contribution in [2.24, 2.45) is 5.92 Å². The topological polar surface area (TPSA) is 82.1 Å². The molecule has 1 aliphatic rings. The lowest BCUT2D eigenvalue weighted by Crippen LogP contribution is -2.59. The van der Waals surface area contributed by atoms with E-state index in [2.05, 4.69) is 22.2 Å². The zero-order valence-corrected chi connectivity index (χ0v) is 16.9. The van der Waals surface area contributed by atoms with Gasteiger partial charge in [0.1, 0.15) is 6.10 Å². The second kappa shape index (κ2) is 11.5. The SMILES string of the molecule is CCCCCCC(C)CCCCCCC(OCC)C1(O)OS(=O)(=O)O1. The van der Waals surface area contributed by atoms with E-state index in [1.54, 1.807) is 6.92 Å². The molecule has 6 nitrogen and oxygen atoms in total. The van der Waals surface area contributed by atoms with E-state index < -0.39 is 22.5 Å². The Hall–Kier alpha value is -0.210. The molecule has 0 amide bonds. The molecule has 25 heavy (non-hydrogen) atoms. The Labute approximate surface area is 153 Å². The van der Waals surface area contributed by atoms with Crippen molar-refractivity contribution >= 4 is 10.4 Å². The van der Waals surface area contributed by atoms with Crippen LogP contribution in [-0.4, -0.2) is 32.2 Å². The second-order valence-corrected chi connectivity index (χ2v) is 8.25. The first kappa shape index (κ1) is 22.8. The molecule has 0 radical (unpaired) electrons. The van der Waals surface area contributed by atoms with Crippen molar-refractivity contribution in [3.63, 3.8) is 0 Å². The van der Waals surface area contributed by atoms with Crippen LogP contribution in [0.5, 0.6) is 0 Å². The molecular formula is C18H36O6S. The first-order valence-electron chi connectivity index (χ1n) is 9.83. The Morgan fingerprint density at radius 3 is 1.92 bits per heavy atom. The second-order valence-electron chi connectivity index (χ2n) is 7.10. The van der Waals surface area contributed by atoms with Crippen molar-refractivity contribution in [1.82, 2.24) is 0 Å². The minimum absolute atomic E-state index is 0.356. The van der Waals surface area contributed by atoms with E-state index in [0.29, 0.717) is 13.0 Å². The molecule has 0 saturated carbocycles. The van der Waals surface area contributed by atoms with E-state index in [1.165, 1.54) is 44.9 Å². The summed E-state index contributed by atoms with van der Waals surface area (Å²) >= 11 is 0. The zero-order valence-electron chi connectivity index (χ0n) is 16.0. The molecule has 0 aliphatic carbocycles. The van der Waals surface area contributed by atoms with Crippen LogP contribution in [0, 0.1) is 5.92 Å². The van der Waals surface area contributed by atoms with Crippen LogP contribution < -0.4 is 0 Å². The standard InChI is InChI=1S/C18H36O6S/c1-4-6-7-10-13-16(3)14-11-8-9-12-15-17(22-5-2)18(19)23-25(20,21)24-18/h16-17,19H,4-15H2,1-3H3. The highest BCUT2D eigenvalue weighted by molar-refractivity contribution is 7.82. The Kier molecular flexibility index (Phi) is 10.5. The summed E-state index contributed by atoms with van der Waals surface area (Å²) in [4.78, 5) is 0. The minimum atomic E-state index is -4.04. The van der Waals surface area contributed by atoms with E-state index in [9.17, 15) is 13.5 Å². The molecule has 150 valence electrons. The van der Waals surface area contributed by atoms with Crippen molar-refractivity contribution in [3.05, 3.63) is 0 Å². The monoisotopic (exact) mass is 380 g/mol. The predicted octanol–water partition coefficient (Wildman–Crippen LogP) is 4.28. The van der Waals surface area contributed by atoms with Gasteiger partial charge < -0.3 is 9.84 Å². The highest BCUT2D eigenvalue weighted by Gasteiger charge is 2.57. The van der Waals surface area contributed by atoms with Gasteiger partial charge in [-0.2, -0.15) is 16.8 Å². The summed E-state index contributed by atoms with van der Waals surface area (Å²) in [6.07, 6.45) is 11.8. The van der Waals surface area contributed by atoms with Crippen molar-refractivity contribution in [2.75, 3.05) is 6.61 Å². The van der Waals surface area contributed by atoms with E-state index in [-0.39, 0.29) is 0 Å². The Balaban J connectivity index is 2.10. The first-order chi connectivity index (χ1) is 11.8. The molecule has 0 bridgehead atoms. The number of aliphatic hydroxyl groups is 1. The summed E-state index contributed by atoms with van der Waals surface area (Å²) in [7, 11) is -4.04. The van der Waals surface area contributed by atoms with Gasteiger partial charge in [0.25, 0.3) is 0 Å². The van der Waals surface area contributed by atoms with Crippen molar-refractivity contribution in [3.8, 4) is 0 Å². The quantitative estimate of drug-likeness (QED) is 0.427. The third-order valence-electron chi connectivity index (χ3n) is 4.68. The van der Waals surface area contributed by atoms with Gasteiger partial charge in [0, 0.05) is 6.61 Å². The van der Waals surface area contributed by atoms with Crippen LogP contribution in [0.4, 0.5) is 0 Å². The van der Waals surface area contributed by atoms with Crippen LogP contribution in [0.15, 0.2) is 0 Å². The maximum atomic E-state index is 10.9. The molecule has 1 N–H and O–H groups in total. The predicted molar refractivity (Wildman–Crippen MR) is 97.1 cm³/mol. The molecule has 2 unspecified atom stereocenters. The number of hydrogen-bond acceptors (Lipinski definition) is 6. The molecular weight excluding hydrogens is 344 g/mol. The molecule has 1 saturated heterocycles. The molecule has 0 aromatic heterocycles. The molecule has 2 atom stereocenters. The lowest BCUT2D eigenvalue weighted by molar-refractivity contribution is -0.372. The van der Waals surface area contributed by atoms with Gasteiger partial charge in [-0.25, -0.2) is 0 Å². The minimum Gasteiger partial charge on any atom is -0.370 e. The summed E-state index contributed by atoms with van der Waals surface area (Å²) in [5.41, 5.74) is 0. The molecule has 0 spiro atoms. The summed E-state index contributed by atoms with van der Waals surface area (Å²) in [6.45, 7) is 6.71. The lowest BCUT2D eigenvalue weighted by Gasteiger charge is -2.39. The summed E-state index contributed by atoms with van der Waals surface area (Å²) in [6, 6.07) is 0. The summed E-state index contributed by atoms with van der Waals surface area (Å²) < 4.78 is 36.2. The fraction of sp³-hybridized carbons (Fsp3) is 1.00. The fourth-order valence-corrected chi connectivity index (χ4v) is 4.03. The van der Waals surface area contributed by atoms with Gasteiger partial charge in [0.05, 0.1) is 0 Å². The van der Waals surface area contributed by atoms with Gasteiger partial charge in [-0.1, -0.05) is 78.1 Å². The Morgan fingerprint density at radius 2 is 1.44 bits per heavy atom. The van der Waals surface area contributed by atoms with E-state index in [4.69, 9.17) is 4.74 Å². The largest absolute Gasteiger partial charge is 0.409 e. The zero-order chi connectivity index (χ0) is 18.8. The maximum Gasteiger partial charge on any atom is 0.409 e. The fourth-order valence-electron chi connectivity index (χ4n) is 3.22. The van der Waals surface area contributed by atoms with Gasteiger partial charge in [0.2, 0.25) is 0 Å². The third-order valence-corrected chi connectivity index (χ3v) is 5.57. The number of unbranched alkanes of at least 4 members (excludes halogenated alkanes) is 6. The van der Waals surface area contributed by atoms with Gasteiger partial charge in [-0.3, -0.25) is 0 Å². The van der Waals surface area contributed by atoms with E-state index in [1.807, 2.05) is 0 Å². The first-order valence-corrected chi connectivity index (χ1v) is 11.2. The molecule has 7 heteroatoms. The maximum absolute atomic E-state index is 10.9. The van der Waals surface area contributed by atoms with Gasteiger partial charge >= 0.3 is 16.4 Å². The lowest BCUT2D eigenvalue weighted by atomic mass is 9.96. The van der Waals surface area contributed by atoms with Gasteiger partial charge in [-0.05, 0) is 19.3 Å². The summed E-state index contributed by atoms with van der Waals surface area (Å²) in [5.74, 6) is -1.36. The number of rotatable bonds is 15. The molecule has 1 aliphatic heterocycles. The number of hydrogen-bond donors (Lipinski definition) is 1. The van der Waals surface area contributed by atoms with Crippen molar-refractivity contribution < 1.29 is 26.6 Å². The van der Waals surface area contributed by atoms with Crippen LogP contribution >= 0.6 is 0 Å². The van der Waals surface area contributed by atoms with Gasteiger partial charge in [0.15, 0.2) is 0 Å². The van der Waals surface area contributed by atoms with Crippen LogP contribution in [0.3, 0.4) is 0 Å². The molecule has 1 fully saturated rings. The van der Waals surface area contributed by atoms with Gasteiger partial charge in [-0.15, -0.1) is 0 Å². The third kappa shape index (κ3) is 8.82. The van der Waals surface area contributed by atoms with E-state index >= 15 is 0 Å². The highest BCUT2D eigenvalue weighted by atomic mass is 32.3. The van der Waals surface area contributed by atoms with E-state index in [0.717, 1.165) is 25.2 Å². The number of ether oxygens (including phenoxy) is 1. The molecule has 0 aromatic rings. The Morgan fingerprint density at radius 1 is 0.920 bits per heavy atom. The van der Waals surface area contributed by atoms with Crippen molar-refractivity contribution in [2.45, 2.75) is 103 Å². The van der Waals surface area contributed by atoms with Crippen molar-refractivity contribution in [1.29, 1.82) is 0 Å². The molecule has 1 rings (SSSR count). The van der Waals surface area contributed by atoms with Crippen LogP contribution in [0.1, 0.15) is 91.4 Å². The van der Waals surface area contributed by atoms with Crippen LogP contribution in [0.25, 0.3) is 0 Å². The smallest absolute Gasteiger partial charge is 0.370 e. The highest BCUT2D eigenvalue weighted by Crippen LogP contribution is 2.35.